The van der Waals surface area contributed by atoms with Gasteiger partial charge in [0.05, 0.1) is 18.5 Å². The van der Waals surface area contributed by atoms with Gasteiger partial charge >= 0.3 is 5.97 Å². The van der Waals surface area contributed by atoms with E-state index in [1.807, 2.05) is 0 Å². The van der Waals surface area contributed by atoms with Gasteiger partial charge in [0.15, 0.2) is 5.82 Å². The van der Waals surface area contributed by atoms with Crippen LogP contribution in [-0.4, -0.2) is 44.3 Å². The van der Waals surface area contributed by atoms with Crippen LogP contribution >= 0.6 is 0 Å². The van der Waals surface area contributed by atoms with Crippen molar-refractivity contribution in [3.8, 4) is 0 Å². The Labute approximate surface area is 106 Å². The standard InChI is InChI=1S/C12H18N4O2/c1-15-6-2-3-9(15)11-13-10-5-4-8(12(17)18)7-16(10)14-11/h8-9H,2-7H2,1H3,(H,17,18). The topological polar surface area (TPSA) is 71.2 Å². The fourth-order valence-corrected chi connectivity index (χ4v) is 2.91. The summed E-state index contributed by atoms with van der Waals surface area (Å²) in [5.41, 5.74) is 0. The molecule has 0 bridgehead atoms. The molecule has 2 aliphatic heterocycles. The lowest BCUT2D eigenvalue weighted by molar-refractivity contribution is -0.142. The molecule has 2 atom stereocenters. The number of aryl methyl sites for hydroxylation is 1. The van der Waals surface area contributed by atoms with Crippen molar-refractivity contribution < 1.29 is 9.90 Å². The van der Waals surface area contributed by atoms with Gasteiger partial charge in [-0.1, -0.05) is 0 Å². The highest BCUT2D eigenvalue weighted by Gasteiger charge is 2.30. The van der Waals surface area contributed by atoms with Crippen LogP contribution in [-0.2, 0) is 17.8 Å². The van der Waals surface area contributed by atoms with Crippen LogP contribution in [0.1, 0.15) is 37.0 Å². The average molecular weight is 250 g/mol. The molecule has 18 heavy (non-hydrogen) atoms. The number of aromatic nitrogens is 3. The van der Waals surface area contributed by atoms with Gasteiger partial charge in [0, 0.05) is 6.42 Å². The molecular formula is C12H18N4O2. The highest BCUT2D eigenvalue weighted by Crippen LogP contribution is 2.29. The number of likely N-dealkylation sites (tertiary alicyclic amines) is 1. The largest absolute Gasteiger partial charge is 0.481 e. The lowest BCUT2D eigenvalue weighted by Gasteiger charge is -2.18. The first-order valence-electron chi connectivity index (χ1n) is 6.52. The SMILES string of the molecule is CN1CCCC1c1nc2n(n1)CC(C(=O)O)CC2. The molecular weight excluding hydrogens is 232 g/mol. The molecule has 0 radical (unpaired) electrons. The molecule has 0 aromatic carbocycles. The smallest absolute Gasteiger partial charge is 0.308 e. The Kier molecular flexibility index (Phi) is 2.81. The highest BCUT2D eigenvalue weighted by atomic mass is 16.4. The van der Waals surface area contributed by atoms with Crippen molar-refractivity contribution in [2.45, 2.75) is 38.3 Å². The molecule has 1 aromatic rings. The number of carboxylic acid groups (broad SMARTS) is 1. The minimum absolute atomic E-state index is 0.311. The summed E-state index contributed by atoms with van der Waals surface area (Å²) in [6, 6.07) is 0.311. The number of carboxylic acids is 1. The van der Waals surface area contributed by atoms with E-state index in [0.29, 0.717) is 19.0 Å². The maximum Gasteiger partial charge on any atom is 0.308 e. The van der Waals surface area contributed by atoms with Crippen LogP contribution in [0.4, 0.5) is 0 Å². The number of hydrogen-bond donors (Lipinski definition) is 1. The zero-order valence-electron chi connectivity index (χ0n) is 10.5. The van der Waals surface area contributed by atoms with Crippen LogP contribution in [0.15, 0.2) is 0 Å². The van der Waals surface area contributed by atoms with Crippen molar-refractivity contribution in [2.75, 3.05) is 13.6 Å². The molecule has 0 aliphatic carbocycles. The van der Waals surface area contributed by atoms with Gasteiger partial charge in [-0.2, -0.15) is 5.10 Å². The number of hydrogen-bond acceptors (Lipinski definition) is 4. The Bertz CT molecular complexity index is 471. The first-order chi connectivity index (χ1) is 8.65. The summed E-state index contributed by atoms with van der Waals surface area (Å²) in [5.74, 6) is 0.780. The number of nitrogens with zero attached hydrogens (tertiary/aromatic N) is 4. The van der Waals surface area contributed by atoms with E-state index in [1.54, 1.807) is 4.68 Å². The van der Waals surface area contributed by atoms with Gasteiger partial charge < -0.3 is 5.11 Å². The molecule has 2 unspecified atom stereocenters. The van der Waals surface area contributed by atoms with Gasteiger partial charge in [-0.15, -0.1) is 0 Å². The summed E-state index contributed by atoms with van der Waals surface area (Å²) in [4.78, 5) is 17.9. The Morgan fingerprint density at radius 2 is 2.28 bits per heavy atom. The Balaban J connectivity index is 1.82. The number of fused-ring (bicyclic) bond motifs is 1. The normalized spacial score (nSPS) is 28.3. The molecule has 0 spiro atoms. The van der Waals surface area contributed by atoms with E-state index in [-0.39, 0.29) is 5.92 Å². The van der Waals surface area contributed by atoms with Crippen LogP contribution in [0.5, 0.6) is 0 Å². The first kappa shape index (κ1) is 11.6. The average Bonchev–Trinajstić information content (AvgIpc) is 2.92. The molecule has 3 rings (SSSR count). The maximum absolute atomic E-state index is 11.0. The minimum Gasteiger partial charge on any atom is -0.481 e. The van der Waals surface area contributed by atoms with Crippen molar-refractivity contribution in [3.05, 3.63) is 11.6 Å². The molecule has 1 fully saturated rings. The van der Waals surface area contributed by atoms with Crippen LogP contribution < -0.4 is 0 Å². The number of aliphatic carboxylic acids is 1. The highest BCUT2D eigenvalue weighted by molar-refractivity contribution is 5.70. The van der Waals surface area contributed by atoms with Gasteiger partial charge in [0.1, 0.15) is 5.82 Å². The second kappa shape index (κ2) is 4.35. The monoisotopic (exact) mass is 250 g/mol. The summed E-state index contributed by atoms with van der Waals surface area (Å²) in [6.07, 6.45) is 3.68. The quantitative estimate of drug-likeness (QED) is 0.836. The third-order valence-corrected chi connectivity index (χ3v) is 4.04. The third-order valence-electron chi connectivity index (χ3n) is 4.04. The van der Waals surface area contributed by atoms with E-state index in [2.05, 4.69) is 22.0 Å². The fourth-order valence-electron chi connectivity index (χ4n) is 2.91. The Morgan fingerprint density at radius 3 is 2.94 bits per heavy atom. The zero-order chi connectivity index (χ0) is 12.7. The van der Waals surface area contributed by atoms with Crippen LogP contribution in [0, 0.1) is 5.92 Å². The molecule has 1 N–H and O–H groups in total. The summed E-state index contributed by atoms with van der Waals surface area (Å²) in [5, 5.41) is 13.6. The molecule has 6 nitrogen and oxygen atoms in total. The van der Waals surface area contributed by atoms with Crippen molar-refractivity contribution in [2.24, 2.45) is 5.92 Å². The van der Waals surface area contributed by atoms with E-state index in [4.69, 9.17) is 5.11 Å². The van der Waals surface area contributed by atoms with E-state index in [0.717, 1.165) is 31.0 Å². The van der Waals surface area contributed by atoms with E-state index in [9.17, 15) is 4.79 Å². The minimum atomic E-state index is -0.726. The molecule has 6 heteroatoms. The lowest BCUT2D eigenvalue weighted by Crippen LogP contribution is -2.27. The molecule has 0 saturated carbocycles. The van der Waals surface area contributed by atoms with E-state index >= 15 is 0 Å². The molecule has 1 saturated heterocycles. The van der Waals surface area contributed by atoms with Gasteiger partial charge in [-0.3, -0.25) is 9.69 Å². The van der Waals surface area contributed by atoms with Crippen molar-refractivity contribution in [1.29, 1.82) is 0 Å². The molecule has 3 heterocycles. The van der Waals surface area contributed by atoms with Crippen LogP contribution in [0.25, 0.3) is 0 Å². The maximum atomic E-state index is 11.0. The molecule has 2 aliphatic rings. The van der Waals surface area contributed by atoms with Gasteiger partial charge in [0.2, 0.25) is 0 Å². The molecule has 0 amide bonds. The number of rotatable bonds is 2. The van der Waals surface area contributed by atoms with E-state index in [1.165, 1.54) is 6.42 Å². The Morgan fingerprint density at radius 1 is 1.44 bits per heavy atom. The summed E-state index contributed by atoms with van der Waals surface area (Å²) >= 11 is 0. The second-order valence-electron chi connectivity index (χ2n) is 5.28. The predicted octanol–water partition coefficient (Wildman–Crippen LogP) is 0.692. The third kappa shape index (κ3) is 1.90. The zero-order valence-corrected chi connectivity index (χ0v) is 10.5. The summed E-state index contributed by atoms with van der Waals surface area (Å²) < 4.78 is 1.80. The van der Waals surface area contributed by atoms with Crippen LogP contribution in [0.2, 0.25) is 0 Å². The van der Waals surface area contributed by atoms with Gasteiger partial charge in [-0.25, -0.2) is 9.67 Å². The molecule has 98 valence electrons. The van der Waals surface area contributed by atoms with Gasteiger partial charge in [-0.05, 0) is 32.9 Å². The first-order valence-corrected chi connectivity index (χ1v) is 6.52. The van der Waals surface area contributed by atoms with Crippen molar-refractivity contribution >= 4 is 5.97 Å². The summed E-state index contributed by atoms with van der Waals surface area (Å²) in [6.45, 7) is 1.56. The second-order valence-corrected chi connectivity index (χ2v) is 5.28. The number of carbonyl (C=O) groups is 1. The van der Waals surface area contributed by atoms with Crippen molar-refractivity contribution in [3.63, 3.8) is 0 Å². The predicted molar refractivity (Wildman–Crippen MR) is 64.1 cm³/mol. The molecule has 1 aromatic heterocycles. The van der Waals surface area contributed by atoms with E-state index < -0.39 is 5.97 Å². The van der Waals surface area contributed by atoms with Crippen molar-refractivity contribution in [1.82, 2.24) is 19.7 Å². The fraction of sp³-hybridized carbons (Fsp3) is 0.750. The van der Waals surface area contributed by atoms with Crippen LogP contribution in [0.3, 0.4) is 0 Å². The van der Waals surface area contributed by atoms with Gasteiger partial charge in [0.25, 0.3) is 0 Å². The lowest BCUT2D eigenvalue weighted by atomic mass is 10.0. The summed E-state index contributed by atoms with van der Waals surface area (Å²) in [7, 11) is 2.09. The Hall–Kier alpha value is -1.43.